The number of hydrogen-bond acceptors (Lipinski definition) is 12. The lowest BCUT2D eigenvalue weighted by molar-refractivity contribution is -0.144. The van der Waals surface area contributed by atoms with Crippen LogP contribution in [0.5, 0.6) is 5.75 Å². The molecule has 1 saturated heterocycles. The van der Waals surface area contributed by atoms with Gasteiger partial charge >= 0.3 is 13.7 Å². The van der Waals surface area contributed by atoms with Crippen molar-refractivity contribution >= 4 is 36.6 Å². The Morgan fingerprint density at radius 3 is 2.74 bits per heavy atom. The fraction of sp³-hybridized carbons (Fsp3) is 0.478. The number of ether oxygens (including phenoxy) is 2. The van der Waals surface area contributed by atoms with E-state index in [4.69, 9.17) is 24.3 Å². The Morgan fingerprint density at radius 2 is 2.08 bits per heavy atom. The maximum Gasteiger partial charge on any atom is 0.459 e. The van der Waals surface area contributed by atoms with Crippen LogP contribution in [0.15, 0.2) is 36.7 Å². The molecule has 1 fully saturated rings. The number of nitrogens with zero attached hydrogens (tertiary/aromatic N) is 4. The quantitative estimate of drug-likeness (QED) is 0.195. The van der Waals surface area contributed by atoms with Gasteiger partial charge in [0, 0.05) is 7.05 Å². The predicted octanol–water partition coefficient (Wildman–Crippen LogP) is 2.18. The zero-order chi connectivity index (χ0) is 28.4. The summed E-state index contributed by atoms with van der Waals surface area (Å²) >= 11 is 0. The third-order valence-electron chi connectivity index (χ3n) is 6.01. The largest absolute Gasteiger partial charge is 0.465 e. The van der Waals surface area contributed by atoms with Gasteiger partial charge in [0.15, 0.2) is 28.9 Å². The molecule has 0 amide bonds. The number of carbonyl (C=O) groups excluding carboxylic acids is 1. The fourth-order valence-corrected chi connectivity index (χ4v) is 5.57. The van der Waals surface area contributed by atoms with Gasteiger partial charge in [0.1, 0.15) is 24.0 Å². The van der Waals surface area contributed by atoms with E-state index in [2.05, 4.69) is 25.4 Å². The Labute approximate surface area is 223 Å². The van der Waals surface area contributed by atoms with E-state index in [9.17, 15) is 14.5 Å². The molecule has 0 spiro atoms. The lowest BCUT2D eigenvalue weighted by Crippen LogP contribution is -2.41. The lowest BCUT2D eigenvalue weighted by Gasteiger charge is -2.25. The second-order valence-electron chi connectivity index (χ2n) is 8.93. The average molecular weight is 568 g/mol. The van der Waals surface area contributed by atoms with E-state index in [1.165, 1.54) is 17.8 Å². The first kappa shape index (κ1) is 28.6. The Hall–Kier alpha value is -3.36. The number of nitrogen functional groups attached to an aromatic ring is 1. The number of esters is 1. The Bertz CT molecular complexity index is 1360. The number of para-hydroxylation sites is 1. The number of halogens is 1. The molecule has 1 aliphatic rings. The van der Waals surface area contributed by atoms with Crippen molar-refractivity contribution in [3.8, 4) is 5.75 Å². The van der Waals surface area contributed by atoms with Crippen molar-refractivity contribution in [3.05, 3.63) is 36.7 Å². The molecule has 0 radical (unpaired) electrons. The van der Waals surface area contributed by atoms with Crippen LogP contribution in [0.1, 0.15) is 27.0 Å². The molecule has 5 N–H and O–H groups in total. The van der Waals surface area contributed by atoms with Crippen molar-refractivity contribution in [2.45, 2.75) is 50.9 Å². The van der Waals surface area contributed by atoms with Crippen LogP contribution >= 0.6 is 7.75 Å². The summed E-state index contributed by atoms with van der Waals surface area (Å²) in [6, 6.07) is 7.05. The van der Waals surface area contributed by atoms with Crippen LogP contribution in [0.4, 0.5) is 16.2 Å². The van der Waals surface area contributed by atoms with Crippen molar-refractivity contribution in [2.24, 2.45) is 0 Å². The number of carbonyl (C=O) groups is 1. The van der Waals surface area contributed by atoms with E-state index < -0.39 is 50.5 Å². The lowest BCUT2D eigenvalue weighted by atomic mass is 9.98. The number of alkyl halides is 1. The number of fused-ring (bicyclic) bond motifs is 1. The number of rotatable bonds is 11. The Kier molecular flexibility index (Phi) is 8.37. The van der Waals surface area contributed by atoms with Gasteiger partial charge in [0.2, 0.25) is 5.95 Å². The molecule has 2 aromatic heterocycles. The summed E-state index contributed by atoms with van der Waals surface area (Å²) in [4.78, 5) is 24.6. The fourth-order valence-electron chi connectivity index (χ4n) is 4.07. The minimum Gasteiger partial charge on any atom is -0.465 e. The first-order valence-corrected chi connectivity index (χ1v) is 13.7. The molecule has 0 saturated carbocycles. The zero-order valence-corrected chi connectivity index (χ0v) is 22.7. The summed E-state index contributed by atoms with van der Waals surface area (Å²) in [6.07, 6.45) is -3.11. The van der Waals surface area contributed by atoms with Crippen LogP contribution in [0.25, 0.3) is 11.2 Å². The molecule has 0 unspecified atom stereocenters. The highest BCUT2D eigenvalue weighted by molar-refractivity contribution is 7.52. The monoisotopic (exact) mass is 567 g/mol. The maximum absolute atomic E-state index is 15.9. The number of nitrogens with one attached hydrogen (secondary N) is 2. The smallest absolute Gasteiger partial charge is 0.459 e. The van der Waals surface area contributed by atoms with E-state index in [1.54, 1.807) is 44.3 Å². The number of aliphatic hydroxyl groups excluding tert-OH is 1. The van der Waals surface area contributed by atoms with Gasteiger partial charge < -0.3 is 30.2 Å². The normalized spacial score (nSPS) is 25.2. The summed E-state index contributed by atoms with van der Waals surface area (Å²) < 4.78 is 52.8. The average Bonchev–Trinajstić information content (AvgIpc) is 3.40. The molecule has 39 heavy (non-hydrogen) atoms. The highest BCUT2D eigenvalue weighted by Gasteiger charge is 2.56. The van der Waals surface area contributed by atoms with Gasteiger partial charge in [-0.1, -0.05) is 18.2 Å². The topological polar surface area (TPSA) is 185 Å². The van der Waals surface area contributed by atoms with Crippen molar-refractivity contribution in [1.82, 2.24) is 24.6 Å². The van der Waals surface area contributed by atoms with Crippen LogP contribution in [0.2, 0.25) is 0 Å². The second kappa shape index (κ2) is 11.4. The third kappa shape index (κ3) is 5.97. The van der Waals surface area contributed by atoms with Gasteiger partial charge in [-0.3, -0.25) is 13.9 Å². The van der Waals surface area contributed by atoms with Gasteiger partial charge in [0.25, 0.3) is 0 Å². The molecule has 0 aliphatic carbocycles. The van der Waals surface area contributed by atoms with E-state index >= 15 is 4.39 Å². The van der Waals surface area contributed by atoms with Gasteiger partial charge in [0.05, 0.1) is 19.5 Å². The Balaban J connectivity index is 1.57. The van der Waals surface area contributed by atoms with Crippen LogP contribution < -0.4 is 20.7 Å². The molecular weight excluding hydrogens is 536 g/mol. The molecule has 1 aromatic carbocycles. The first-order chi connectivity index (χ1) is 18.5. The summed E-state index contributed by atoms with van der Waals surface area (Å²) in [7, 11) is -2.64. The van der Waals surface area contributed by atoms with Gasteiger partial charge in [-0.2, -0.15) is 15.1 Å². The highest BCUT2D eigenvalue weighted by atomic mass is 31.2. The van der Waals surface area contributed by atoms with Crippen LogP contribution in [0.3, 0.4) is 0 Å². The summed E-state index contributed by atoms with van der Waals surface area (Å²) in [5.74, 6) is -0.238. The summed E-state index contributed by atoms with van der Waals surface area (Å²) in [6.45, 7) is 3.76. The van der Waals surface area contributed by atoms with Gasteiger partial charge in [-0.25, -0.2) is 13.9 Å². The number of anilines is 2. The zero-order valence-electron chi connectivity index (χ0n) is 21.8. The molecule has 0 bridgehead atoms. The molecule has 6 atom stereocenters. The molecule has 16 heteroatoms. The van der Waals surface area contributed by atoms with Crippen LogP contribution in [-0.4, -0.2) is 74.8 Å². The van der Waals surface area contributed by atoms with E-state index in [1.807, 2.05) is 0 Å². The van der Waals surface area contributed by atoms with Crippen molar-refractivity contribution < 1.29 is 37.4 Å². The summed E-state index contributed by atoms with van der Waals surface area (Å²) in [5.41, 5.74) is 3.94. The predicted molar refractivity (Wildman–Crippen MR) is 139 cm³/mol. The maximum atomic E-state index is 15.9. The molecule has 3 aromatic rings. The van der Waals surface area contributed by atoms with Crippen molar-refractivity contribution in [2.75, 3.05) is 31.3 Å². The Morgan fingerprint density at radius 1 is 1.36 bits per heavy atom. The number of aromatic nitrogens is 4. The van der Waals surface area contributed by atoms with Crippen LogP contribution in [0, 0.1) is 0 Å². The number of aliphatic hydroxyl groups is 1. The number of imidazole rings is 1. The van der Waals surface area contributed by atoms with Crippen molar-refractivity contribution in [1.29, 1.82) is 0 Å². The standard InChI is InChI=1S/C23H31FN7O7P/c1-5-35-20(33)13(2)30-39(34,38-14-9-7-6-8-10-14)36-11-15-17(32)23(3,24)21(37-15)31-12-27-16-18(26-4)28-22(25)29-19(16)31/h6-10,12-13,15,17,21,32H,5,11H2,1-4H3,(H,30,34)(H3,25,26,28,29)/t13-,15+,17+,21+,23+,39+/m0/s1. The third-order valence-corrected chi connectivity index (χ3v) is 7.66. The minimum absolute atomic E-state index is 0.0756. The molecule has 3 heterocycles. The number of hydrogen-bond donors (Lipinski definition) is 4. The highest BCUT2D eigenvalue weighted by Crippen LogP contribution is 2.48. The molecule has 4 rings (SSSR count). The van der Waals surface area contributed by atoms with E-state index in [0.29, 0.717) is 11.3 Å². The van der Waals surface area contributed by atoms with Crippen LogP contribution in [-0.2, 0) is 23.4 Å². The SMILES string of the molecule is CCOC(=O)[C@H](C)N[P@@](=O)(OC[C@H]1O[C@@H](n2cnc3c(NC)nc(N)nc32)[C@](C)(F)[C@@H]1O)Oc1ccccc1. The summed E-state index contributed by atoms with van der Waals surface area (Å²) in [5, 5.41) is 16.2. The molecule has 14 nitrogen and oxygen atoms in total. The molecular formula is C23H31FN7O7P. The van der Waals surface area contributed by atoms with E-state index in [0.717, 1.165) is 6.92 Å². The van der Waals surface area contributed by atoms with Crippen molar-refractivity contribution in [3.63, 3.8) is 0 Å². The van der Waals surface area contributed by atoms with Gasteiger partial charge in [-0.05, 0) is 32.9 Å². The number of nitrogens with two attached hydrogens (primary N) is 1. The van der Waals surface area contributed by atoms with E-state index in [-0.39, 0.29) is 24.0 Å². The number of benzene rings is 1. The molecule has 212 valence electrons. The molecule has 1 aliphatic heterocycles. The minimum atomic E-state index is -4.26. The first-order valence-electron chi connectivity index (χ1n) is 12.1. The second-order valence-corrected chi connectivity index (χ2v) is 10.6. The van der Waals surface area contributed by atoms with Gasteiger partial charge in [-0.15, -0.1) is 0 Å².